The van der Waals surface area contributed by atoms with Gasteiger partial charge in [0.2, 0.25) is 0 Å². The summed E-state index contributed by atoms with van der Waals surface area (Å²) in [7, 11) is 0. The van der Waals surface area contributed by atoms with Gasteiger partial charge in [0.05, 0.1) is 17.6 Å². The van der Waals surface area contributed by atoms with Crippen LogP contribution in [0.15, 0.2) is 22.8 Å². The molecule has 2 aromatic rings. The third kappa shape index (κ3) is 1.88. The average Bonchev–Trinajstić information content (AvgIpc) is 2.64. The van der Waals surface area contributed by atoms with Crippen LogP contribution in [0.1, 0.15) is 16.8 Å². The van der Waals surface area contributed by atoms with E-state index in [-0.39, 0.29) is 0 Å². The molecule has 0 amide bonds. The number of halogens is 1. The predicted octanol–water partition coefficient (Wildman–Crippen LogP) is 2.11. The molecular weight excluding hydrogens is 268 g/mol. The van der Waals surface area contributed by atoms with Crippen LogP contribution >= 0.6 is 15.9 Å². The number of rotatable bonds is 2. The highest BCUT2D eigenvalue weighted by atomic mass is 79.9. The van der Waals surface area contributed by atoms with Gasteiger partial charge in [-0.3, -0.25) is 0 Å². The summed E-state index contributed by atoms with van der Waals surface area (Å²) in [4.78, 5) is 0. The number of aromatic nitrogens is 3. The van der Waals surface area contributed by atoms with Gasteiger partial charge in [0.25, 0.3) is 0 Å². The predicted molar refractivity (Wildman–Crippen MR) is 66.4 cm³/mol. The fourth-order valence-corrected chi connectivity index (χ4v) is 2.51. The van der Waals surface area contributed by atoms with E-state index in [0.717, 1.165) is 27.0 Å². The van der Waals surface area contributed by atoms with Crippen LogP contribution in [0, 0.1) is 13.8 Å². The molecule has 1 aromatic carbocycles. The molecule has 1 aromatic heterocycles. The second-order valence-electron chi connectivity index (χ2n) is 3.73. The van der Waals surface area contributed by atoms with Gasteiger partial charge in [0.1, 0.15) is 0 Å². The second kappa shape index (κ2) is 4.35. The molecule has 1 heterocycles. The first-order valence-electron chi connectivity index (χ1n) is 5.00. The summed E-state index contributed by atoms with van der Waals surface area (Å²) >= 11 is 3.48. The maximum absolute atomic E-state index is 5.65. The summed E-state index contributed by atoms with van der Waals surface area (Å²) in [5.74, 6) is 0. The fraction of sp³-hybridized carbons (Fsp3) is 0.273. The SMILES string of the molecule is Cc1cc(Br)cc(C)c1-n1nncc1CN. The Morgan fingerprint density at radius 3 is 2.50 bits per heavy atom. The van der Waals surface area contributed by atoms with E-state index in [9.17, 15) is 0 Å². The van der Waals surface area contributed by atoms with Gasteiger partial charge in [0, 0.05) is 11.0 Å². The third-order valence-electron chi connectivity index (χ3n) is 2.50. The van der Waals surface area contributed by atoms with Crippen molar-refractivity contribution in [3.05, 3.63) is 39.6 Å². The highest BCUT2D eigenvalue weighted by molar-refractivity contribution is 9.10. The van der Waals surface area contributed by atoms with Crippen molar-refractivity contribution >= 4 is 15.9 Å². The Bertz CT molecular complexity index is 495. The van der Waals surface area contributed by atoms with Crippen molar-refractivity contribution in [1.82, 2.24) is 15.0 Å². The highest BCUT2D eigenvalue weighted by Gasteiger charge is 2.10. The zero-order chi connectivity index (χ0) is 11.7. The molecule has 5 heteroatoms. The summed E-state index contributed by atoms with van der Waals surface area (Å²) in [6.07, 6.45) is 1.70. The number of hydrogen-bond acceptors (Lipinski definition) is 3. The molecule has 0 radical (unpaired) electrons. The lowest BCUT2D eigenvalue weighted by Gasteiger charge is -2.12. The van der Waals surface area contributed by atoms with Crippen LogP contribution in [-0.4, -0.2) is 15.0 Å². The second-order valence-corrected chi connectivity index (χ2v) is 4.65. The minimum absolute atomic E-state index is 0.432. The molecule has 0 saturated carbocycles. The zero-order valence-corrected chi connectivity index (χ0v) is 10.8. The molecule has 0 atom stereocenters. The lowest BCUT2D eigenvalue weighted by molar-refractivity contribution is 0.753. The monoisotopic (exact) mass is 280 g/mol. The van der Waals surface area contributed by atoms with Crippen molar-refractivity contribution in [1.29, 1.82) is 0 Å². The molecule has 2 rings (SSSR count). The molecule has 0 saturated heterocycles. The van der Waals surface area contributed by atoms with Crippen molar-refractivity contribution < 1.29 is 0 Å². The maximum Gasteiger partial charge on any atom is 0.0781 e. The highest BCUT2D eigenvalue weighted by Crippen LogP contribution is 2.24. The fourth-order valence-electron chi connectivity index (χ4n) is 1.82. The number of hydrogen-bond donors (Lipinski definition) is 1. The average molecular weight is 281 g/mol. The molecule has 84 valence electrons. The maximum atomic E-state index is 5.65. The van der Waals surface area contributed by atoms with Gasteiger partial charge in [-0.05, 0) is 37.1 Å². The van der Waals surface area contributed by atoms with Crippen molar-refractivity contribution in [2.75, 3.05) is 0 Å². The third-order valence-corrected chi connectivity index (χ3v) is 2.95. The molecular formula is C11H13BrN4. The molecule has 0 unspecified atom stereocenters. The van der Waals surface area contributed by atoms with Gasteiger partial charge in [-0.1, -0.05) is 21.1 Å². The molecule has 0 aliphatic heterocycles. The summed E-state index contributed by atoms with van der Waals surface area (Å²) < 4.78 is 2.87. The van der Waals surface area contributed by atoms with Crippen LogP contribution in [-0.2, 0) is 6.54 Å². The Morgan fingerprint density at radius 2 is 1.94 bits per heavy atom. The number of benzene rings is 1. The minimum atomic E-state index is 0.432. The van der Waals surface area contributed by atoms with Crippen LogP contribution < -0.4 is 5.73 Å². The first-order valence-corrected chi connectivity index (χ1v) is 5.79. The van der Waals surface area contributed by atoms with E-state index in [1.165, 1.54) is 0 Å². The molecule has 4 nitrogen and oxygen atoms in total. The van der Waals surface area contributed by atoms with Crippen molar-refractivity contribution in [3.63, 3.8) is 0 Å². The van der Waals surface area contributed by atoms with Gasteiger partial charge < -0.3 is 5.73 Å². The van der Waals surface area contributed by atoms with Crippen LogP contribution in [0.2, 0.25) is 0 Å². The van der Waals surface area contributed by atoms with Gasteiger partial charge in [-0.25, -0.2) is 4.68 Å². The van der Waals surface area contributed by atoms with Crippen LogP contribution in [0.4, 0.5) is 0 Å². The molecule has 2 N–H and O–H groups in total. The van der Waals surface area contributed by atoms with Crippen LogP contribution in [0.5, 0.6) is 0 Å². The van der Waals surface area contributed by atoms with E-state index < -0.39 is 0 Å². The quantitative estimate of drug-likeness (QED) is 0.917. The first kappa shape index (κ1) is 11.3. The molecule has 0 aliphatic rings. The molecule has 0 aliphatic carbocycles. The molecule has 16 heavy (non-hydrogen) atoms. The molecule has 0 fully saturated rings. The number of aryl methyl sites for hydroxylation is 2. The van der Waals surface area contributed by atoms with Crippen LogP contribution in [0.25, 0.3) is 5.69 Å². The van der Waals surface area contributed by atoms with E-state index in [2.05, 4.69) is 52.2 Å². The minimum Gasteiger partial charge on any atom is -0.325 e. The van der Waals surface area contributed by atoms with Gasteiger partial charge in [-0.2, -0.15) is 0 Å². The van der Waals surface area contributed by atoms with Gasteiger partial charge in [0.15, 0.2) is 0 Å². The van der Waals surface area contributed by atoms with Gasteiger partial charge in [-0.15, -0.1) is 5.10 Å². The normalized spacial score (nSPS) is 10.8. The van der Waals surface area contributed by atoms with Crippen molar-refractivity contribution in [2.45, 2.75) is 20.4 Å². The van der Waals surface area contributed by atoms with Crippen LogP contribution in [0.3, 0.4) is 0 Å². The van der Waals surface area contributed by atoms with E-state index in [1.54, 1.807) is 10.9 Å². The van der Waals surface area contributed by atoms with Crippen molar-refractivity contribution in [2.24, 2.45) is 5.73 Å². The molecule has 0 bridgehead atoms. The Morgan fingerprint density at radius 1 is 1.31 bits per heavy atom. The Labute approximate surface area is 103 Å². The molecule has 0 spiro atoms. The largest absolute Gasteiger partial charge is 0.325 e. The summed E-state index contributed by atoms with van der Waals surface area (Å²) in [5.41, 5.74) is 9.91. The standard InChI is InChI=1S/C11H13BrN4/c1-7-3-9(12)4-8(2)11(7)16-10(5-13)6-14-15-16/h3-4,6H,5,13H2,1-2H3. The lowest BCUT2D eigenvalue weighted by Crippen LogP contribution is -2.09. The Balaban J connectivity index is 2.64. The number of nitrogens with zero attached hydrogens (tertiary/aromatic N) is 3. The smallest absolute Gasteiger partial charge is 0.0781 e. The van der Waals surface area contributed by atoms with E-state index in [0.29, 0.717) is 6.54 Å². The lowest BCUT2D eigenvalue weighted by atomic mass is 10.1. The summed E-state index contributed by atoms with van der Waals surface area (Å²) in [6, 6.07) is 4.12. The van der Waals surface area contributed by atoms with Gasteiger partial charge >= 0.3 is 0 Å². The van der Waals surface area contributed by atoms with E-state index in [4.69, 9.17) is 5.73 Å². The first-order chi connectivity index (χ1) is 7.63. The summed E-state index contributed by atoms with van der Waals surface area (Å²) in [5, 5.41) is 7.98. The zero-order valence-electron chi connectivity index (χ0n) is 9.24. The van der Waals surface area contributed by atoms with Crippen molar-refractivity contribution in [3.8, 4) is 5.69 Å². The van der Waals surface area contributed by atoms with E-state index in [1.807, 2.05) is 0 Å². The Hall–Kier alpha value is -1.20. The Kier molecular flexibility index (Phi) is 3.07. The topological polar surface area (TPSA) is 56.7 Å². The summed E-state index contributed by atoms with van der Waals surface area (Å²) in [6.45, 7) is 4.53. The number of nitrogens with two attached hydrogens (primary N) is 1. The van der Waals surface area contributed by atoms with E-state index >= 15 is 0 Å².